The van der Waals surface area contributed by atoms with Crippen LogP contribution in [0.25, 0.3) is 0 Å². The van der Waals surface area contributed by atoms with Crippen molar-refractivity contribution in [2.45, 2.75) is 19.3 Å². The van der Waals surface area contributed by atoms with Gasteiger partial charge in [0.1, 0.15) is 5.69 Å². The molecule has 6 nitrogen and oxygen atoms in total. The minimum Gasteiger partial charge on any atom is -0.350 e. The van der Waals surface area contributed by atoms with Gasteiger partial charge in [0.15, 0.2) is 5.13 Å². The molecule has 2 N–H and O–H groups in total. The van der Waals surface area contributed by atoms with Crippen molar-refractivity contribution in [2.75, 3.05) is 25.0 Å². The summed E-state index contributed by atoms with van der Waals surface area (Å²) in [6, 6.07) is 9.67. The lowest BCUT2D eigenvalue weighted by Crippen LogP contribution is -2.32. The van der Waals surface area contributed by atoms with Crippen molar-refractivity contribution in [3.63, 3.8) is 0 Å². The number of rotatable bonds is 6. The van der Waals surface area contributed by atoms with Crippen LogP contribution in [0.3, 0.4) is 0 Å². The van der Waals surface area contributed by atoms with Crippen LogP contribution < -0.4 is 10.6 Å². The average Bonchev–Trinajstić information content (AvgIpc) is 3.27. The summed E-state index contributed by atoms with van der Waals surface area (Å²) in [5.41, 5.74) is 1.29. The molecule has 0 atom stereocenters. The number of nitrogens with zero attached hydrogens (tertiary/aromatic N) is 2. The summed E-state index contributed by atoms with van der Waals surface area (Å²) < 4.78 is 0. The smallest absolute Gasteiger partial charge is 0.270 e. The lowest BCUT2D eigenvalue weighted by Gasteiger charge is -2.14. The molecule has 2 aromatic rings. The number of likely N-dealkylation sites (tertiary alicyclic amines) is 1. The second-order valence-corrected chi connectivity index (χ2v) is 6.48. The monoisotopic (exact) mass is 344 g/mol. The van der Waals surface area contributed by atoms with Gasteiger partial charge in [-0.3, -0.25) is 9.59 Å². The van der Waals surface area contributed by atoms with Gasteiger partial charge < -0.3 is 15.5 Å². The number of anilines is 2. The van der Waals surface area contributed by atoms with Gasteiger partial charge in [0, 0.05) is 37.1 Å². The van der Waals surface area contributed by atoms with E-state index >= 15 is 0 Å². The number of hydrogen-bond donors (Lipinski definition) is 2. The van der Waals surface area contributed by atoms with Crippen LogP contribution >= 0.6 is 11.3 Å². The molecule has 24 heavy (non-hydrogen) atoms. The van der Waals surface area contributed by atoms with E-state index in [-0.39, 0.29) is 11.8 Å². The van der Waals surface area contributed by atoms with E-state index in [1.807, 2.05) is 35.2 Å². The molecule has 0 saturated carbocycles. The van der Waals surface area contributed by atoms with Crippen LogP contribution in [-0.4, -0.2) is 41.3 Å². The minimum atomic E-state index is -0.249. The van der Waals surface area contributed by atoms with E-state index in [9.17, 15) is 9.59 Å². The molecule has 1 aromatic heterocycles. The maximum Gasteiger partial charge on any atom is 0.270 e. The highest BCUT2D eigenvalue weighted by molar-refractivity contribution is 7.14. The Bertz CT molecular complexity index is 696. The summed E-state index contributed by atoms with van der Waals surface area (Å²) in [4.78, 5) is 30.2. The third-order valence-electron chi connectivity index (χ3n) is 3.85. The van der Waals surface area contributed by atoms with Crippen LogP contribution in [0.5, 0.6) is 0 Å². The van der Waals surface area contributed by atoms with Crippen LogP contribution in [0.2, 0.25) is 0 Å². The zero-order valence-electron chi connectivity index (χ0n) is 13.3. The molecule has 1 saturated heterocycles. The Morgan fingerprint density at radius 2 is 1.92 bits per heavy atom. The summed E-state index contributed by atoms with van der Waals surface area (Å²) in [5, 5.41) is 8.30. The van der Waals surface area contributed by atoms with E-state index in [0.717, 1.165) is 31.6 Å². The van der Waals surface area contributed by atoms with Gasteiger partial charge in [-0.25, -0.2) is 4.98 Å². The van der Waals surface area contributed by atoms with Crippen LogP contribution in [0.4, 0.5) is 10.8 Å². The standard InChI is InChI=1S/C17H20N4O2S/c22-15(21-10-4-5-11-21)8-9-18-16(23)14-12-24-17(20-14)19-13-6-2-1-3-7-13/h1-3,6-7,12H,4-5,8-11H2,(H,18,23)(H,19,20). The number of amides is 2. The second kappa shape index (κ2) is 7.92. The van der Waals surface area contributed by atoms with Crippen LogP contribution in [0.1, 0.15) is 29.8 Å². The quantitative estimate of drug-likeness (QED) is 0.845. The second-order valence-electron chi connectivity index (χ2n) is 5.62. The van der Waals surface area contributed by atoms with Crippen molar-refractivity contribution in [3.8, 4) is 0 Å². The molecule has 0 unspecified atom stereocenters. The summed E-state index contributed by atoms with van der Waals surface area (Å²) in [7, 11) is 0. The number of benzene rings is 1. The number of carbonyl (C=O) groups excluding carboxylic acids is 2. The Balaban J connectivity index is 1.46. The highest BCUT2D eigenvalue weighted by atomic mass is 32.1. The normalized spacial score (nSPS) is 13.8. The van der Waals surface area contributed by atoms with Crippen molar-refractivity contribution < 1.29 is 9.59 Å². The number of aromatic nitrogens is 1. The van der Waals surface area contributed by atoms with Gasteiger partial charge in [-0.2, -0.15) is 0 Å². The first-order valence-corrected chi connectivity index (χ1v) is 8.94. The third kappa shape index (κ3) is 4.32. The molecule has 1 aromatic carbocycles. The lowest BCUT2D eigenvalue weighted by atomic mass is 10.3. The van der Waals surface area contributed by atoms with Crippen LogP contribution in [-0.2, 0) is 4.79 Å². The molecule has 0 radical (unpaired) electrons. The molecule has 2 amide bonds. The Hall–Kier alpha value is -2.41. The van der Waals surface area contributed by atoms with Gasteiger partial charge in [-0.15, -0.1) is 11.3 Å². The van der Waals surface area contributed by atoms with Crippen molar-refractivity contribution >= 4 is 34.0 Å². The topological polar surface area (TPSA) is 74.3 Å². The number of nitrogens with one attached hydrogen (secondary N) is 2. The summed E-state index contributed by atoms with van der Waals surface area (Å²) in [5.74, 6) is -0.140. The van der Waals surface area contributed by atoms with Crippen LogP contribution in [0.15, 0.2) is 35.7 Å². The first kappa shape index (κ1) is 16.4. The van der Waals surface area contributed by atoms with E-state index in [1.165, 1.54) is 11.3 Å². The van der Waals surface area contributed by atoms with Crippen molar-refractivity contribution in [3.05, 3.63) is 41.4 Å². The first-order chi connectivity index (χ1) is 11.7. The van der Waals surface area contributed by atoms with E-state index in [2.05, 4.69) is 15.6 Å². The van der Waals surface area contributed by atoms with E-state index in [1.54, 1.807) is 5.38 Å². The third-order valence-corrected chi connectivity index (χ3v) is 4.60. The highest BCUT2D eigenvalue weighted by Crippen LogP contribution is 2.20. The number of thiazole rings is 1. The Morgan fingerprint density at radius 1 is 1.17 bits per heavy atom. The predicted octanol–water partition coefficient (Wildman–Crippen LogP) is 2.63. The fourth-order valence-electron chi connectivity index (χ4n) is 2.58. The molecule has 7 heteroatoms. The van der Waals surface area contributed by atoms with E-state index in [4.69, 9.17) is 0 Å². The summed E-state index contributed by atoms with van der Waals surface area (Å²) in [6.07, 6.45) is 2.49. The predicted molar refractivity (Wildman–Crippen MR) is 94.6 cm³/mol. The zero-order chi connectivity index (χ0) is 16.8. The molecular weight excluding hydrogens is 324 g/mol. The van der Waals surface area contributed by atoms with Gasteiger partial charge in [0.05, 0.1) is 0 Å². The van der Waals surface area contributed by atoms with Crippen molar-refractivity contribution in [1.82, 2.24) is 15.2 Å². The summed E-state index contributed by atoms with van der Waals surface area (Å²) >= 11 is 1.37. The maximum atomic E-state index is 12.1. The van der Waals surface area contributed by atoms with Crippen molar-refractivity contribution in [2.24, 2.45) is 0 Å². The van der Waals surface area contributed by atoms with E-state index in [0.29, 0.717) is 23.8 Å². The SMILES string of the molecule is O=C(NCCC(=O)N1CCCC1)c1csc(Nc2ccccc2)n1. The molecule has 0 bridgehead atoms. The molecule has 0 aliphatic carbocycles. The van der Waals surface area contributed by atoms with Gasteiger partial charge in [0.2, 0.25) is 5.91 Å². The first-order valence-electron chi connectivity index (χ1n) is 8.06. The lowest BCUT2D eigenvalue weighted by molar-refractivity contribution is -0.129. The fraction of sp³-hybridized carbons (Fsp3) is 0.353. The Labute approximate surface area is 144 Å². The fourth-order valence-corrected chi connectivity index (χ4v) is 3.29. The largest absolute Gasteiger partial charge is 0.350 e. The average molecular weight is 344 g/mol. The maximum absolute atomic E-state index is 12.1. The van der Waals surface area contributed by atoms with Gasteiger partial charge in [-0.05, 0) is 25.0 Å². The molecule has 0 spiro atoms. The number of para-hydroxylation sites is 1. The van der Waals surface area contributed by atoms with Gasteiger partial charge in [-0.1, -0.05) is 18.2 Å². The minimum absolute atomic E-state index is 0.109. The Morgan fingerprint density at radius 3 is 2.67 bits per heavy atom. The highest BCUT2D eigenvalue weighted by Gasteiger charge is 2.18. The molecule has 3 rings (SSSR count). The van der Waals surface area contributed by atoms with Gasteiger partial charge >= 0.3 is 0 Å². The molecular formula is C17H20N4O2S. The van der Waals surface area contributed by atoms with E-state index < -0.39 is 0 Å². The Kier molecular flexibility index (Phi) is 5.43. The number of carbonyl (C=O) groups is 2. The van der Waals surface area contributed by atoms with Crippen molar-refractivity contribution in [1.29, 1.82) is 0 Å². The molecule has 1 fully saturated rings. The number of hydrogen-bond acceptors (Lipinski definition) is 5. The van der Waals surface area contributed by atoms with Crippen LogP contribution in [0, 0.1) is 0 Å². The molecule has 2 heterocycles. The molecule has 1 aliphatic heterocycles. The molecule has 126 valence electrons. The van der Waals surface area contributed by atoms with Gasteiger partial charge in [0.25, 0.3) is 5.91 Å². The zero-order valence-corrected chi connectivity index (χ0v) is 14.1. The summed E-state index contributed by atoms with van der Waals surface area (Å²) in [6.45, 7) is 2.02. The molecule has 1 aliphatic rings.